The Morgan fingerprint density at radius 3 is 2.83 bits per heavy atom. The van der Waals surface area contributed by atoms with Crippen molar-refractivity contribution in [3.63, 3.8) is 0 Å². The van der Waals surface area contributed by atoms with Crippen LogP contribution in [0.4, 0.5) is 0 Å². The van der Waals surface area contributed by atoms with E-state index in [1.54, 1.807) is 6.07 Å². The molecule has 0 bridgehead atoms. The van der Waals surface area contributed by atoms with E-state index >= 15 is 0 Å². The van der Waals surface area contributed by atoms with E-state index in [9.17, 15) is 4.79 Å². The van der Waals surface area contributed by atoms with Gasteiger partial charge in [0.1, 0.15) is 6.61 Å². The van der Waals surface area contributed by atoms with Crippen LogP contribution in [-0.4, -0.2) is 30.8 Å². The van der Waals surface area contributed by atoms with Crippen LogP contribution in [0.2, 0.25) is 10.0 Å². The van der Waals surface area contributed by atoms with Crippen LogP contribution < -0.4 is 0 Å². The van der Waals surface area contributed by atoms with Crippen molar-refractivity contribution in [2.24, 2.45) is 0 Å². The van der Waals surface area contributed by atoms with Crippen molar-refractivity contribution in [1.29, 1.82) is 0 Å². The summed E-state index contributed by atoms with van der Waals surface area (Å²) in [6.45, 7) is 4.24. The van der Waals surface area contributed by atoms with Gasteiger partial charge in [0.25, 0.3) is 5.79 Å². The number of hydrogen-bond acceptors (Lipinski definition) is 4. The van der Waals surface area contributed by atoms with Gasteiger partial charge in [-0.15, -0.1) is 0 Å². The van der Waals surface area contributed by atoms with Crippen molar-refractivity contribution in [2.45, 2.75) is 26.1 Å². The molecular weight excluding hydrogens is 341 g/mol. The molecule has 2 aromatic rings. The number of hydrogen-bond donors (Lipinski definition) is 1. The Balaban J connectivity index is 2.17. The van der Waals surface area contributed by atoms with Crippen LogP contribution in [-0.2, 0) is 31.2 Å². The number of carbonyl (C=O) groups excluding carboxylic acids is 1. The molecule has 0 radical (unpaired) electrons. The monoisotopic (exact) mass is 357 g/mol. The second-order valence-corrected chi connectivity index (χ2v) is 6.19. The number of esters is 1. The zero-order valence-electron chi connectivity index (χ0n) is 12.9. The molecule has 1 aliphatic heterocycles. The van der Waals surface area contributed by atoms with Gasteiger partial charge in [-0.2, -0.15) is 0 Å². The molecule has 3 rings (SSSR count). The third kappa shape index (κ3) is 2.94. The largest absolute Gasteiger partial charge is 0.424 e. The van der Waals surface area contributed by atoms with Crippen LogP contribution >= 0.6 is 23.2 Å². The number of benzene rings is 1. The zero-order valence-corrected chi connectivity index (χ0v) is 14.4. The second-order valence-electron chi connectivity index (χ2n) is 5.37. The maximum atomic E-state index is 11.6. The van der Waals surface area contributed by atoms with Gasteiger partial charge in [0, 0.05) is 24.4 Å². The summed E-state index contributed by atoms with van der Waals surface area (Å²) >= 11 is 12.2. The topological polar surface area (TPSA) is 60.6 Å². The van der Waals surface area contributed by atoms with Crippen molar-refractivity contribution in [2.75, 3.05) is 19.8 Å². The van der Waals surface area contributed by atoms with Crippen molar-refractivity contribution < 1.29 is 19.0 Å². The molecule has 2 heterocycles. The molecule has 1 atom stereocenters. The molecule has 5 nitrogen and oxygen atoms in total. The van der Waals surface area contributed by atoms with Gasteiger partial charge in [0.05, 0.1) is 22.3 Å². The first-order valence-corrected chi connectivity index (χ1v) is 8.14. The number of halogens is 2. The Hall–Kier alpha value is -1.27. The maximum absolute atomic E-state index is 11.6. The van der Waals surface area contributed by atoms with Crippen LogP contribution in [0.5, 0.6) is 0 Å². The number of rotatable bonds is 4. The average molecular weight is 358 g/mol. The summed E-state index contributed by atoms with van der Waals surface area (Å²) in [4.78, 5) is 14.9. The molecule has 124 valence electrons. The minimum atomic E-state index is -1.27. The first-order chi connectivity index (χ1) is 11.0. The first-order valence-electron chi connectivity index (χ1n) is 7.38. The van der Waals surface area contributed by atoms with E-state index in [2.05, 4.69) is 4.98 Å². The van der Waals surface area contributed by atoms with Crippen molar-refractivity contribution in [1.82, 2.24) is 4.98 Å². The Labute approximate surface area is 143 Å². The molecule has 0 fully saturated rings. The van der Waals surface area contributed by atoms with Gasteiger partial charge in [-0.3, -0.25) is 4.79 Å². The summed E-state index contributed by atoms with van der Waals surface area (Å²) in [6, 6.07) is 3.58. The Kier molecular flexibility index (Phi) is 4.56. The molecule has 7 heteroatoms. The van der Waals surface area contributed by atoms with Crippen molar-refractivity contribution >= 4 is 40.1 Å². The fraction of sp³-hybridized carbons (Fsp3) is 0.438. The molecule has 1 aromatic heterocycles. The van der Waals surface area contributed by atoms with Crippen LogP contribution in [0.3, 0.4) is 0 Å². The number of aromatic amines is 1. The second kappa shape index (κ2) is 6.32. The summed E-state index contributed by atoms with van der Waals surface area (Å²) in [7, 11) is 0. The standard InChI is InChI=1S/C16H17Cl2NO4/c1-3-21-8-16(23-9(2)20)15-10(4-5-22-16)11-6-12(17)13(18)7-14(11)19-15/h6-7,19H,3-5,8H2,1-2H3. The molecule has 23 heavy (non-hydrogen) atoms. The SMILES string of the molecule is CCOCC1(OC(C)=O)OCCc2c1[nH]c1cc(Cl)c(Cl)cc21. The van der Waals surface area contributed by atoms with Gasteiger partial charge in [0.2, 0.25) is 0 Å². The Morgan fingerprint density at radius 1 is 1.39 bits per heavy atom. The number of carbonyl (C=O) groups is 1. The molecule has 1 unspecified atom stereocenters. The summed E-state index contributed by atoms with van der Waals surface area (Å²) in [5.41, 5.74) is 2.51. The molecule has 1 N–H and O–H groups in total. The molecule has 1 aromatic carbocycles. The van der Waals surface area contributed by atoms with E-state index in [-0.39, 0.29) is 6.61 Å². The molecule has 1 aliphatic rings. The van der Waals surface area contributed by atoms with Gasteiger partial charge in [-0.1, -0.05) is 23.2 Å². The highest BCUT2D eigenvalue weighted by Gasteiger charge is 2.44. The predicted octanol–water partition coefficient (Wildman–Crippen LogP) is 3.80. The maximum Gasteiger partial charge on any atom is 0.305 e. The lowest BCUT2D eigenvalue weighted by molar-refractivity contribution is -0.264. The van der Waals surface area contributed by atoms with E-state index in [0.717, 1.165) is 16.5 Å². The number of aromatic nitrogens is 1. The predicted molar refractivity (Wildman–Crippen MR) is 87.9 cm³/mol. The van der Waals surface area contributed by atoms with Gasteiger partial charge < -0.3 is 19.2 Å². The highest BCUT2D eigenvalue weighted by molar-refractivity contribution is 6.42. The molecule has 0 aliphatic carbocycles. The Morgan fingerprint density at radius 2 is 2.13 bits per heavy atom. The molecular formula is C16H17Cl2NO4. The van der Waals surface area contributed by atoms with E-state index in [0.29, 0.717) is 35.4 Å². The number of ether oxygens (including phenoxy) is 3. The normalized spacial score (nSPS) is 20.5. The van der Waals surface area contributed by atoms with Crippen LogP contribution in [0.25, 0.3) is 10.9 Å². The highest BCUT2D eigenvalue weighted by Crippen LogP contribution is 2.40. The molecule has 0 saturated carbocycles. The van der Waals surface area contributed by atoms with E-state index in [1.165, 1.54) is 6.92 Å². The minimum Gasteiger partial charge on any atom is -0.424 e. The van der Waals surface area contributed by atoms with E-state index in [4.69, 9.17) is 37.4 Å². The first kappa shape index (κ1) is 16.6. The molecule has 0 saturated heterocycles. The zero-order chi connectivity index (χ0) is 16.6. The van der Waals surface area contributed by atoms with E-state index in [1.807, 2.05) is 13.0 Å². The van der Waals surface area contributed by atoms with Crippen molar-refractivity contribution in [3.8, 4) is 0 Å². The quantitative estimate of drug-likeness (QED) is 0.845. The third-order valence-corrected chi connectivity index (χ3v) is 4.54. The smallest absolute Gasteiger partial charge is 0.305 e. The van der Waals surface area contributed by atoms with Gasteiger partial charge in [-0.05, 0) is 31.0 Å². The molecule has 0 amide bonds. The fourth-order valence-corrected chi connectivity index (χ4v) is 3.24. The van der Waals surface area contributed by atoms with E-state index < -0.39 is 11.8 Å². The number of fused-ring (bicyclic) bond motifs is 3. The molecule has 0 spiro atoms. The van der Waals surface area contributed by atoms with Gasteiger partial charge in [0.15, 0.2) is 0 Å². The van der Waals surface area contributed by atoms with Gasteiger partial charge in [-0.25, -0.2) is 0 Å². The van der Waals surface area contributed by atoms with Crippen LogP contribution in [0.1, 0.15) is 25.1 Å². The van der Waals surface area contributed by atoms with Gasteiger partial charge >= 0.3 is 5.97 Å². The summed E-state index contributed by atoms with van der Waals surface area (Å²) in [6.07, 6.45) is 0.683. The number of nitrogens with one attached hydrogen (secondary N) is 1. The highest BCUT2D eigenvalue weighted by atomic mass is 35.5. The minimum absolute atomic E-state index is 0.115. The van der Waals surface area contributed by atoms with Crippen LogP contribution in [0, 0.1) is 0 Å². The van der Waals surface area contributed by atoms with Crippen LogP contribution in [0.15, 0.2) is 12.1 Å². The summed E-state index contributed by atoms with van der Waals surface area (Å²) in [5, 5.41) is 1.89. The lowest BCUT2D eigenvalue weighted by atomic mass is 10.0. The lowest BCUT2D eigenvalue weighted by Gasteiger charge is -2.35. The summed E-state index contributed by atoms with van der Waals surface area (Å²) < 4.78 is 16.8. The fourth-order valence-electron chi connectivity index (χ4n) is 2.91. The third-order valence-electron chi connectivity index (χ3n) is 3.82. The van der Waals surface area contributed by atoms with Crippen molar-refractivity contribution in [3.05, 3.63) is 33.4 Å². The average Bonchev–Trinajstić information content (AvgIpc) is 2.84. The lowest BCUT2D eigenvalue weighted by Crippen LogP contribution is -2.43. The summed E-state index contributed by atoms with van der Waals surface area (Å²) in [5.74, 6) is -1.71. The Bertz CT molecular complexity index is 758. The number of H-pyrrole nitrogens is 1.